The molecule has 0 radical (unpaired) electrons. The van der Waals surface area contributed by atoms with Crippen molar-refractivity contribution in [2.75, 3.05) is 0 Å². The Balaban J connectivity index is 1.55. The molecule has 1 unspecified atom stereocenters. The van der Waals surface area contributed by atoms with Gasteiger partial charge < -0.3 is 5.32 Å². The molecular formula is C16H18N4S. The van der Waals surface area contributed by atoms with Gasteiger partial charge in [0.05, 0.1) is 17.6 Å². The largest absolute Gasteiger partial charge is 0.308 e. The van der Waals surface area contributed by atoms with E-state index in [4.69, 9.17) is 0 Å². The van der Waals surface area contributed by atoms with Crippen molar-refractivity contribution < 1.29 is 0 Å². The normalized spacial score (nSPS) is 12.4. The molecule has 0 saturated heterocycles. The first-order chi connectivity index (χ1) is 10.3. The monoisotopic (exact) mass is 298 g/mol. The van der Waals surface area contributed by atoms with E-state index in [-0.39, 0.29) is 0 Å². The van der Waals surface area contributed by atoms with Gasteiger partial charge in [0.25, 0.3) is 0 Å². The van der Waals surface area contributed by atoms with Crippen molar-refractivity contribution in [2.45, 2.75) is 25.9 Å². The minimum absolute atomic E-state index is 0.418. The zero-order valence-corrected chi connectivity index (χ0v) is 12.8. The number of hydrogen-bond donors (Lipinski definition) is 1. The van der Waals surface area contributed by atoms with Gasteiger partial charge in [-0.3, -0.25) is 0 Å². The molecule has 0 saturated carbocycles. The minimum atomic E-state index is 0.418. The number of rotatable bonds is 6. The molecule has 1 aromatic carbocycles. The van der Waals surface area contributed by atoms with Gasteiger partial charge in [0.15, 0.2) is 0 Å². The Kier molecular flexibility index (Phi) is 4.43. The van der Waals surface area contributed by atoms with E-state index in [1.807, 2.05) is 36.5 Å². The fraction of sp³-hybridized carbons (Fsp3) is 0.250. The molecule has 4 nitrogen and oxygen atoms in total. The predicted octanol–water partition coefficient (Wildman–Crippen LogP) is 3.05. The van der Waals surface area contributed by atoms with Gasteiger partial charge >= 0.3 is 0 Å². The highest BCUT2D eigenvalue weighted by molar-refractivity contribution is 7.07. The first kappa shape index (κ1) is 14.0. The molecular weight excluding hydrogens is 280 g/mol. The van der Waals surface area contributed by atoms with Crippen molar-refractivity contribution in [3.8, 4) is 5.69 Å². The minimum Gasteiger partial charge on any atom is -0.308 e. The average molecular weight is 298 g/mol. The van der Waals surface area contributed by atoms with E-state index in [1.165, 1.54) is 5.56 Å². The van der Waals surface area contributed by atoms with Crippen LogP contribution in [0, 0.1) is 0 Å². The molecule has 5 heteroatoms. The Morgan fingerprint density at radius 2 is 2.10 bits per heavy atom. The second kappa shape index (κ2) is 6.65. The van der Waals surface area contributed by atoms with Crippen LogP contribution in [-0.4, -0.2) is 21.0 Å². The van der Waals surface area contributed by atoms with E-state index < -0.39 is 0 Å². The summed E-state index contributed by atoms with van der Waals surface area (Å²) in [4.78, 5) is 1.67. The summed E-state index contributed by atoms with van der Waals surface area (Å²) in [6, 6.07) is 12.5. The van der Waals surface area contributed by atoms with Crippen LogP contribution in [0.2, 0.25) is 0 Å². The second-order valence-electron chi connectivity index (χ2n) is 5.08. The lowest BCUT2D eigenvalue weighted by Crippen LogP contribution is -2.27. The average Bonchev–Trinajstić information content (AvgIpc) is 3.17. The summed E-state index contributed by atoms with van der Waals surface area (Å²) in [5.74, 6) is 0. The third kappa shape index (κ3) is 3.77. The highest BCUT2D eigenvalue weighted by Gasteiger charge is 2.06. The summed E-state index contributed by atoms with van der Waals surface area (Å²) in [7, 11) is 0. The Labute approximate surface area is 128 Å². The standard InChI is InChI=1S/C16H18N4S/c1-13(9-14-7-8-21-12-14)17-10-15-11-18-20(19-15)16-5-3-2-4-6-16/h2-8,11-13,17H,9-10H2,1H3. The van der Waals surface area contributed by atoms with Crippen LogP contribution < -0.4 is 5.32 Å². The maximum absolute atomic E-state index is 4.49. The molecule has 0 bridgehead atoms. The number of thiophene rings is 1. The SMILES string of the molecule is CC(Cc1ccsc1)NCc1cnn(-c2ccccc2)n1. The van der Waals surface area contributed by atoms with Crippen LogP contribution in [-0.2, 0) is 13.0 Å². The summed E-state index contributed by atoms with van der Waals surface area (Å²) >= 11 is 1.74. The number of aromatic nitrogens is 3. The van der Waals surface area contributed by atoms with E-state index >= 15 is 0 Å². The molecule has 0 aliphatic heterocycles. The Bertz CT molecular complexity index is 661. The lowest BCUT2D eigenvalue weighted by atomic mass is 10.1. The van der Waals surface area contributed by atoms with Crippen LogP contribution in [0.4, 0.5) is 0 Å². The first-order valence-electron chi connectivity index (χ1n) is 7.02. The summed E-state index contributed by atoms with van der Waals surface area (Å²) in [5, 5.41) is 16.6. The van der Waals surface area contributed by atoms with Crippen LogP contribution >= 0.6 is 11.3 Å². The molecule has 2 heterocycles. The van der Waals surface area contributed by atoms with Crippen molar-refractivity contribution >= 4 is 11.3 Å². The molecule has 1 atom stereocenters. The lowest BCUT2D eigenvalue weighted by molar-refractivity contribution is 0.538. The van der Waals surface area contributed by atoms with Gasteiger partial charge in [-0.2, -0.15) is 26.3 Å². The second-order valence-corrected chi connectivity index (χ2v) is 5.86. The highest BCUT2D eigenvalue weighted by atomic mass is 32.1. The molecule has 0 aliphatic carbocycles. The molecule has 2 aromatic heterocycles. The summed E-state index contributed by atoms with van der Waals surface area (Å²) in [6.07, 6.45) is 2.85. The molecule has 108 valence electrons. The van der Waals surface area contributed by atoms with Gasteiger partial charge in [-0.1, -0.05) is 18.2 Å². The third-order valence-electron chi connectivity index (χ3n) is 3.28. The van der Waals surface area contributed by atoms with Gasteiger partial charge in [-0.05, 0) is 47.9 Å². The van der Waals surface area contributed by atoms with Crippen molar-refractivity contribution in [1.29, 1.82) is 0 Å². The van der Waals surface area contributed by atoms with Crippen LogP contribution in [0.25, 0.3) is 5.69 Å². The van der Waals surface area contributed by atoms with Gasteiger partial charge in [0.1, 0.15) is 0 Å². The topological polar surface area (TPSA) is 42.7 Å². The van der Waals surface area contributed by atoms with Crippen molar-refractivity contribution in [2.24, 2.45) is 0 Å². The fourth-order valence-electron chi connectivity index (χ4n) is 2.17. The molecule has 3 aromatic rings. The maximum Gasteiger partial charge on any atom is 0.0969 e. The lowest BCUT2D eigenvalue weighted by Gasteiger charge is -2.11. The van der Waals surface area contributed by atoms with E-state index in [1.54, 1.807) is 16.1 Å². The summed E-state index contributed by atoms with van der Waals surface area (Å²) < 4.78 is 0. The van der Waals surface area contributed by atoms with Gasteiger partial charge in [0, 0.05) is 12.6 Å². The van der Waals surface area contributed by atoms with Crippen LogP contribution in [0.1, 0.15) is 18.2 Å². The van der Waals surface area contributed by atoms with Crippen LogP contribution in [0.15, 0.2) is 53.4 Å². The predicted molar refractivity (Wildman–Crippen MR) is 85.7 cm³/mol. The molecule has 1 N–H and O–H groups in total. The molecule has 0 fully saturated rings. The number of nitrogens with one attached hydrogen (secondary N) is 1. The first-order valence-corrected chi connectivity index (χ1v) is 7.96. The summed E-state index contributed by atoms with van der Waals surface area (Å²) in [5.41, 5.74) is 3.32. The van der Waals surface area contributed by atoms with Gasteiger partial charge in [0.2, 0.25) is 0 Å². The number of benzene rings is 1. The third-order valence-corrected chi connectivity index (χ3v) is 4.01. The van der Waals surface area contributed by atoms with E-state index in [0.717, 1.165) is 24.3 Å². The smallest absolute Gasteiger partial charge is 0.0969 e. The Hall–Kier alpha value is -1.98. The molecule has 0 amide bonds. The van der Waals surface area contributed by atoms with Gasteiger partial charge in [-0.15, -0.1) is 0 Å². The van der Waals surface area contributed by atoms with Crippen LogP contribution in [0.3, 0.4) is 0 Å². The zero-order chi connectivity index (χ0) is 14.5. The number of nitrogens with zero attached hydrogens (tertiary/aromatic N) is 3. The van der Waals surface area contributed by atoms with E-state index in [9.17, 15) is 0 Å². The Morgan fingerprint density at radius 1 is 1.24 bits per heavy atom. The Morgan fingerprint density at radius 3 is 2.86 bits per heavy atom. The molecule has 21 heavy (non-hydrogen) atoms. The van der Waals surface area contributed by atoms with E-state index in [0.29, 0.717) is 6.04 Å². The highest BCUT2D eigenvalue weighted by Crippen LogP contribution is 2.09. The molecule has 0 aliphatic rings. The molecule has 3 rings (SSSR count). The van der Waals surface area contributed by atoms with Gasteiger partial charge in [-0.25, -0.2) is 0 Å². The van der Waals surface area contributed by atoms with Crippen molar-refractivity contribution in [3.63, 3.8) is 0 Å². The number of para-hydroxylation sites is 1. The fourth-order valence-corrected chi connectivity index (χ4v) is 2.86. The quantitative estimate of drug-likeness (QED) is 0.760. The number of hydrogen-bond acceptors (Lipinski definition) is 4. The van der Waals surface area contributed by atoms with Crippen LogP contribution in [0.5, 0.6) is 0 Å². The molecule has 0 spiro atoms. The maximum atomic E-state index is 4.49. The van der Waals surface area contributed by atoms with Crippen molar-refractivity contribution in [3.05, 3.63) is 64.6 Å². The zero-order valence-electron chi connectivity index (χ0n) is 11.9. The van der Waals surface area contributed by atoms with E-state index in [2.05, 4.69) is 39.3 Å². The summed E-state index contributed by atoms with van der Waals surface area (Å²) in [6.45, 7) is 2.93. The van der Waals surface area contributed by atoms with Crippen molar-refractivity contribution in [1.82, 2.24) is 20.3 Å².